The Labute approximate surface area is 126 Å². The van der Waals surface area contributed by atoms with E-state index in [1.165, 1.54) is 0 Å². The summed E-state index contributed by atoms with van der Waals surface area (Å²) in [5, 5.41) is 0. The van der Waals surface area contributed by atoms with E-state index in [1.807, 2.05) is 0 Å². The lowest BCUT2D eigenvalue weighted by Crippen LogP contribution is -2.45. The van der Waals surface area contributed by atoms with Crippen LogP contribution in [0, 0.1) is 23.7 Å². The number of hydrogen-bond acceptors (Lipinski definition) is 2. The van der Waals surface area contributed by atoms with Gasteiger partial charge in [0.25, 0.3) is 0 Å². The maximum Gasteiger partial charge on any atom is 0.317 e. The van der Waals surface area contributed by atoms with Crippen molar-refractivity contribution in [1.29, 1.82) is 0 Å². The van der Waals surface area contributed by atoms with Gasteiger partial charge in [-0.05, 0) is 42.9 Å². The Balaban J connectivity index is 5.36. The normalized spacial score (nSPS) is 19.9. The Hall–Kier alpha value is 0.150. The Morgan fingerprint density at radius 2 is 1.40 bits per heavy atom. The monoisotopic (exact) mass is 306 g/mol. The van der Waals surface area contributed by atoms with E-state index in [0.717, 1.165) is 25.7 Å². The molecule has 0 fully saturated rings. The molecule has 3 unspecified atom stereocenters. The van der Waals surface area contributed by atoms with Gasteiger partial charge in [-0.15, -0.1) is 0 Å². The van der Waals surface area contributed by atoms with Crippen LogP contribution in [-0.4, -0.2) is 10.5 Å². The van der Waals surface area contributed by atoms with Crippen LogP contribution >= 0.6 is 8.25 Å². The van der Waals surface area contributed by atoms with Crippen LogP contribution in [0.25, 0.3) is 0 Å². The van der Waals surface area contributed by atoms with Crippen LogP contribution in [-0.2, 0) is 9.09 Å². The van der Waals surface area contributed by atoms with Crippen molar-refractivity contribution in [3.05, 3.63) is 0 Å². The molecule has 0 bridgehead atoms. The van der Waals surface area contributed by atoms with Gasteiger partial charge < -0.3 is 9.42 Å². The van der Waals surface area contributed by atoms with Gasteiger partial charge in [-0.25, -0.2) is 0 Å². The Bertz CT molecular complexity index is 273. The average molecular weight is 306 g/mol. The van der Waals surface area contributed by atoms with Gasteiger partial charge in [-0.1, -0.05) is 54.9 Å². The molecule has 3 atom stereocenters. The SMILES string of the molecule is CCCC(O[PH](=O)O)(C(C)CC(C)C)C(C)CC(C)C. The molecule has 0 saturated carbocycles. The maximum absolute atomic E-state index is 11.4. The van der Waals surface area contributed by atoms with E-state index in [0.29, 0.717) is 11.8 Å². The third-order valence-corrected chi connectivity index (χ3v) is 4.79. The number of rotatable bonds is 10. The van der Waals surface area contributed by atoms with Gasteiger partial charge in [-0.2, -0.15) is 0 Å². The van der Waals surface area contributed by atoms with Crippen LogP contribution in [0.3, 0.4) is 0 Å². The fraction of sp³-hybridized carbons (Fsp3) is 1.00. The first-order valence-corrected chi connectivity index (χ1v) is 9.33. The molecule has 0 aromatic rings. The maximum atomic E-state index is 11.4. The Morgan fingerprint density at radius 1 is 1.00 bits per heavy atom. The first-order valence-electron chi connectivity index (χ1n) is 8.07. The van der Waals surface area contributed by atoms with E-state index >= 15 is 0 Å². The highest BCUT2D eigenvalue weighted by molar-refractivity contribution is 7.32. The fourth-order valence-corrected chi connectivity index (χ4v) is 4.43. The molecule has 0 aromatic carbocycles. The van der Waals surface area contributed by atoms with E-state index in [1.54, 1.807) is 0 Å². The first-order chi connectivity index (χ1) is 9.15. The van der Waals surface area contributed by atoms with E-state index in [2.05, 4.69) is 48.5 Å². The van der Waals surface area contributed by atoms with Crippen molar-refractivity contribution in [2.45, 2.75) is 79.8 Å². The summed E-state index contributed by atoms with van der Waals surface area (Å²) in [5.41, 5.74) is -0.464. The lowest BCUT2D eigenvalue weighted by molar-refractivity contribution is -0.0551. The van der Waals surface area contributed by atoms with Crippen LogP contribution in [0.15, 0.2) is 0 Å². The van der Waals surface area contributed by atoms with Gasteiger partial charge >= 0.3 is 8.25 Å². The summed E-state index contributed by atoms with van der Waals surface area (Å²) in [7, 11) is -2.92. The fourth-order valence-electron chi connectivity index (χ4n) is 3.60. The van der Waals surface area contributed by atoms with Crippen molar-refractivity contribution in [2.24, 2.45) is 23.7 Å². The van der Waals surface area contributed by atoms with E-state index < -0.39 is 13.9 Å². The summed E-state index contributed by atoms with van der Waals surface area (Å²) in [6.45, 7) is 15.3. The van der Waals surface area contributed by atoms with Crippen LogP contribution < -0.4 is 0 Å². The molecule has 0 spiro atoms. The lowest BCUT2D eigenvalue weighted by Gasteiger charge is -2.44. The average Bonchev–Trinajstić information content (AvgIpc) is 2.25. The van der Waals surface area contributed by atoms with Gasteiger partial charge in [0, 0.05) is 0 Å². The third kappa shape index (κ3) is 6.28. The molecular weight excluding hydrogens is 271 g/mol. The molecule has 0 radical (unpaired) electrons. The van der Waals surface area contributed by atoms with Gasteiger partial charge in [0.1, 0.15) is 0 Å². The number of hydrogen-bond donors (Lipinski definition) is 1. The van der Waals surface area contributed by atoms with Gasteiger partial charge in [0.15, 0.2) is 0 Å². The van der Waals surface area contributed by atoms with Crippen LogP contribution in [0.5, 0.6) is 0 Å². The summed E-state index contributed by atoms with van der Waals surface area (Å²) in [5.74, 6) is 1.71. The zero-order valence-electron chi connectivity index (χ0n) is 14.4. The highest BCUT2D eigenvalue weighted by atomic mass is 31.1. The van der Waals surface area contributed by atoms with Gasteiger partial charge in [-0.3, -0.25) is 4.57 Å². The minimum atomic E-state index is -2.92. The summed E-state index contributed by atoms with van der Waals surface area (Å²) < 4.78 is 17.1. The third-order valence-electron chi connectivity index (χ3n) is 4.24. The highest BCUT2D eigenvalue weighted by Crippen LogP contribution is 2.45. The molecule has 0 aliphatic carbocycles. The second-order valence-electron chi connectivity index (χ2n) is 7.13. The Morgan fingerprint density at radius 3 is 1.65 bits per heavy atom. The zero-order chi connectivity index (χ0) is 15.9. The van der Waals surface area contributed by atoms with E-state index in [-0.39, 0.29) is 11.8 Å². The van der Waals surface area contributed by atoms with Gasteiger partial charge in [0.05, 0.1) is 5.60 Å². The lowest BCUT2D eigenvalue weighted by atomic mass is 9.70. The molecule has 0 aliphatic heterocycles. The largest absolute Gasteiger partial charge is 0.326 e. The molecule has 0 heterocycles. The van der Waals surface area contributed by atoms with Crippen LogP contribution in [0.2, 0.25) is 0 Å². The molecular formula is C16H35O3P. The summed E-state index contributed by atoms with van der Waals surface area (Å²) in [4.78, 5) is 9.40. The first kappa shape index (κ1) is 20.1. The standard InChI is InChI=1S/C16H35O3P/c1-8-9-16(19-20(17)18,14(6)10-12(2)3)15(7)11-13(4)5/h12-15,20H,8-11H2,1-7H3,(H,17,18). The van der Waals surface area contributed by atoms with E-state index in [4.69, 9.17) is 4.52 Å². The molecule has 1 N–H and O–H groups in total. The Kier molecular flexibility index (Phi) is 9.29. The summed E-state index contributed by atoms with van der Waals surface area (Å²) >= 11 is 0. The van der Waals surface area contributed by atoms with Crippen molar-refractivity contribution in [2.75, 3.05) is 0 Å². The van der Waals surface area contributed by atoms with Crippen molar-refractivity contribution in [3.8, 4) is 0 Å². The zero-order valence-corrected chi connectivity index (χ0v) is 15.4. The second kappa shape index (κ2) is 9.23. The molecule has 4 heteroatoms. The molecule has 0 amide bonds. The van der Waals surface area contributed by atoms with E-state index in [9.17, 15) is 9.46 Å². The minimum absolute atomic E-state index is 0.289. The van der Waals surface area contributed by atoms with Crippen LogP contribution in [0.4, 0.5) is 0 Å². The summed E-state index contributed by atoms with van der Waals surface area (Å²) in [6.07, 6.45) is 3.88. The molecule has 0 aliphatic rings. The molecule has 3 nitrogen and oxygen atoms in total. The minimum Gasteiger partial charge on any atom is -0.326 e. The second-order valence-corrected chi connectivity index (χ2v) is 7.87. The predicted octanol–water partition coefficient (Wildman–Crippen LogP) is 5.29. The smallest absolute Gasteiger partial charge is 0.317 e. The van der Waals surface area contributed by atoms with Crippen molar-refractivity contribution in [1.82, 2.24) is 0 Å². The molecule has 0 aromatic heterocycles. The van der Waals surface area contributed by atoms with Crippen molar-refractivity contribution >= 4 is 8.25 Å². The summed E-state index contributed by atoms with van der Waals surface area (Å²) in [6, 6.07) is 0. The van der Waals surface area contributed by atoms with Crippen LogP contribution in [0.1, 0.15) is 74.1 Å². The van der Waals surface area contributed by atoms with Crippen molar-refractivity contribution in [3.63, 3.8) is 0 Å². The quantitative estimate of drug-likeness (QED) is 0.558. The highest BCUT2D eigenvalue weighted by Gasteiger charge is 2.43. The van der Waals surface area contributed by atoms with Gasteiger partial charge in [0.2, 0.25) is 0 Å². The molecule has 0 saturated heterocycles. The molecule has 122 valence electrons. The van der Waals surface area contributed by atoms with Crippen molar-refractivity contribution < 1.29 is 14.0 Å². The topological polar surface area (TPSA) is 46.5 Å². The molecule has 0 rings (SSSR count). The molecule has 20 heavy (non-hydrogen) atoms. The predicted molar refractivity (Wildman–Crippen MR) is 87.2 cm³/mol.